The predicted octanol–water partition coefficient (Wildman–Crippen LogP) is 4.02. The van der Waals surface area contributed by atoms with E-state index < -0.39 is 0 Å². The van der Waals surface area contributed by atoms with Crippen LogP contribution in [0.5, 0.6) is 5.75 Å². The van der Waals surface area contributed by atoms with Gasteiger partial charge in [0.2, 0.25) is 0 Å². The summed E-state index contributed by atoms with van der Waals surface area (Å²) in [6.45, 7) is 3.86. The zero-order chi connectivity index (χ0) is 18.0. The van der Waals surface area contributed by atoms with Gasteiger partial charge in [-0.25, -0.2) is 9.98 Å². The predicted molar refractivity (Wildman–Crippen MR) is 102 cm³/mol. The van der Waals surface area contributed by atoms with Crippen LogP contribution < -0.4 is 4.74 Å². The van der Waals surface area contributed by atoms with Crippen LogP contribution in [-0.4, -0.2) is 35.1 Å². The maximum Gasteiger partial charge on any atom is 0.266 e. The molecule has 0 aliphatic carbocycles. The summed E-state index contributed by atoms with van der Waals surface area (Å²) in [7, 11) is 3.36. The van der Waals surface area contributed by atoms with Gasteiger partial charge in [-0.2, -0.15) is 0 Å². The molecule has 2 aromatic rings. The highest BCUT2D eigenvalue weighted by Gasteiger charge is 2.32. The van der Waals surface area contributed by atoms with E-state index in [4.69, 9.17) is 4.74 Å². The lowest BCUT2D eigenvalue weighted by Crippen LogP contribution is -2.24. The summed E-state index contributed by atoms with van der Waals surface area (Å²) in [5.41, 5.74) is 2.75. The molecule has 25 heavy (non-hydrogen) atoms. The second-order valence-corrected chi connectivity index (χ2v) is 6.66. The first kappa shape index (κ1) is 17.2. The quantitative estimate of drug-likeness (QED) is 0.782. The molecule has 6 heteroatoms. The van der Waals surface area contributed by atoms with E-state index in [0.29, 0.717) is 15.9 Å². The SMILES string of the molecule is COc1cccc(/C(C)=C2\S/C(=N/c3cccc(C)n3)N(C)C2=O)c1. The van der Waals surface area contributed by atoms with Gasteiger partial charge < -0.3 is 4.74 Å². The first-order valence-electron chi connectivity index (χ1n) is 7.83. The first-order chi connectivity index (χ1) is 12.0. The Hall–Kier alpha value is -2.60. The molecule has 1 amide bonds. The van der Waals surface area contributed by atoms with E-state index >= 15 is 0 Å². The highest BCUT2D eigenvalue weighted by molar-refractivity contribution is 8.18. The minimum atomic E-state index is -0.0586. The number of ether oxygens (including phenoxy) is 1. The molecule has 1 saturated heterocycles. The molecule has 0 spiro atoms. The van der Waals surface area contributed by atoms with E-state index in [0.717, 1.165) is 22.6 Å². The van der Waals surface area contributed by atoms with Gasteiger partial charge in [0.15, 0.2) is 11.0 Å². The number of benzene rings is 1. The number of allylic oxidation sites excluding steroid dienone is 1. The maximum absolute atomic E-state index is 12.7. The zero-order valence-corrected chi connectivity index (χ0v) is 15.4. The number of amides is 1. The summed E-state index contributed by atoms with van der Waals surface area (Å²) in [4.78, 5) is 23.8. The van der Waals surface area contributed by atoms with Gasteiger partial charge in [0, 0.05) is 12.7 Å². The molecular formula is C19H19N3O2S. The summed E-state index contributed by atoms with van der Waals surface area (Å²) in [6, 6.07) is 13.3. The molecule has 0 N–H and O–H groups in total. The largest absolute Gasteiger partial charge is 0.497 e. The molecule has 0 bridgehead atoms. The second-order valence-electron chi connectivity index (χ2n) is 5.68. The monoisotopic (exact) mass is 353 g/mol. The average molecular weight is 353 g/mol. The lowest BCUT2D eigenvalue weighted by atomic mass is 10.1. The first-order valence-corrected chi connectivity index (χ1v) is 8.65. The highest BCUT2D eigenvalue weighted by Crippen LogP contribution is 2.37. The Bertz CT molecular complexity index is 890. The number of likely N-dealkylation sites (N-methyl/N-ethyl adjacent to an activating group) is 1. The van der Waals surface area contributed by atoms with Gasteiger partial charge >= 0.3 is 0 Å². The minimum Gasteiger partial charge on any atom is -0.497 e. The van der Waals surface area contributed by atoms with Crippen LogP contribution in [0.1, 0.15) is 18.2 Å². The van der Waals surface area contributed by atoms with Crippen molar-refractivity contribution in [3.05, 3.63) is 58.6 Å². The van der Waals surface area contributed by atoms with Crippen LogP contribution in [0.3, 0.4) is 0 Å². The van der Waals surface area contributed by atoms with Crippen LogP contribution in [-0.2, 0) is 4.79 Å². The summed E-state index contributed by atoms with van der Waals surface area (Å²) < 4.78 is 5.27. The Kier molecular flexibility index (Phi) is 4.90. The van der Waals surface area contributed by atoms with Crippen LogP contribution in [0.2, 0.25) is 0 Å². The molecule has 0 radical (unpaired) electrons. The summed E-state index contributed by atoms with van der Waals surface area (Å²) in [5, 5.41) is 0.625. The number of thioether (sulfide) groups is 1. The van der Waals surface area contributed by atoms with Gasteiger partial charge in [-0.3, -0.25) is 9.69 Å². The molecule has 0 saturated carbocycles. The van der Waals surface area contributed by atoms with Gasteiger partial charge in [-0.15, -0.1) is 0 Å². The summed E-state index contributed by atoms with van der Waals surface area (Å²) >= 11 is 1.37. The van der Waals surface area contributed by atoms with Gasteiger partial charge in [0.1, 0.15) is 5.75 Å². The van der Waals surface area contributed by atoms with Crippen LogP contribution in [0.25, 0.3) is 5.57 Å². The zero-order valence-electron chi connectivity index (χ0n) is 14.6. The van der Waals surface area contributed by atoms with Crippen LogP contribution in [0.15, 0.2) is 52.4 Å². The summed E-state index contributed by atoms with van der Waals surface area (Å²) in [5.74, 6) is 1.30. The summed E-state index contributed by atoms with van der Waals surface area (Å²) in [6.07, 6.45) is 0. The molecule has 0 atom stereocenters. The molecule has 128 valence electrons. The number of nitrogens with zero attached hydrogens (tertiary/aromatic N) is 3. The lowest BCUT2D eigenvalue weighted by Gasteiger charge is -2.08. The van der Waals surface area contributed by atoms with Crippen molar-refractivity contribution in [3.8, 4) is 5.75 Å². The fourth-order valence-corrected chi connectivity index (χ4v) is 3.49. The van der Waals surface area contributed by atoms with Crippen molar-refractivity contribution in [2.45, 2.75) is 13.8 Å². The Balaban J connectivity index is 1.97. The van der Waals surface area contributed by atoms with Crippen molar-refractivity contribution < 1.29 is 9.53 Å². The third-order valence-electron chi connectivity index (χ3n) is 3.91. The smallest absolute Gasteiger partial charge is 0.266 e. The number of rotatable bonds is 3. The number of hydrogen-bond acceptors (Lipinski definition) is 5. The number of carbonyl (C=O) groups is 1. The Morgan fingerprint density at radius 3 is 2.72 bits per heavy atom. The number of pyridine rings is 1. The second kappa shape index (κ2) is 7.11. The fraction of sp³-hybridized carbons (Fsp3) is 0.211. The molecule has 3 rings (SSSR count). The molecule has 1 aliphatic rings. The van der Waals surface area contributed by atoms with E-state index in [-0.39, 0.29) is 5.91 Å². The van der Waals surface area contributed by atoms with E-state index in [2.05, 4.69) is 9.98 Å². The van der Waals surface area contributed by atoms with E-state index in [1.807, 2.05) is 56.3 Å². The molecule has 0 unspecified atom stereocenters. The third-order valence-corrected chi connectivity index (χ3v) is 5.14. The standard InChI is InChI=1S/C19H19N3O2S/c1-12-7-5-10-16(20-12)21-19-22(3)18(23)17(25-19)13(2)14-8-6-9-15(11-14)24-4/h5-11H,1-4H3/b17-13-,21-19+. The number of aromatic nitrogens is 1. The van der Waals surface area contributed by atoms with Crippen LogP contribution in [0, 0.1) is 6.92 Å². The Morgan fingerprint density at radius 2 is 2.00 bits per heavy atom. The molecule has 1 aromatic carbocycles. The normalized spacial score (nSPS) is 18.0. The third kappa shape index (κ3) is 3.58. The maximum atomic E-state index is 12.7. The van der Waals surface area contributed by atoms with Gasteiger partial charge in [-0.1, -0.05) is 18.2 Å². The number of carbonyl (C=O) groups excluding carboxylic acids is 1. The number of methoxy groups -OCH3 is 1. The van der Waals surface area contributed by atoms with Crippen molar-refractivity contribution in [1.82, 2.24) is 9.88 Å². The number of aliphatic imine (C=N–C) groups is 1. The van der Waals surface area contributed by atoms with E-state index in [1.165, 1.54) is 11.8 Å². The van der Waals surface area contributed by atoms with Crippen molar-refractivity contribution in [3.63, 3.8) is 0 Å². The van der Waals surface area contributed by atoms with Gasteiger partial charge in [0.05, 0.1) is 12.0 Å². The molecule has 2 heterocycles. The van der Waals surface area contributed by atoms with Crippen molar-refractivity contribution in [1.29, 1.82) is 0 Å². The van der Waals surface area contributed by atoms with E-state index in [9.17, 15) is 4.79 Å². The minimum absolute atomic E-state index is 0.0586. The average Bonchev–Trinajstić information content (AvgIpc) is 2.89. The molecule has 1 fully saturated rings. The highest BCUT2D eigenvalue weighted by atomic mass is 32.2. The number of hydrogen-bond donors (Lipinski definition) is 0. The van der Waals surface area contributed by atoms with Crippen LogP contribution in [0.4, 0.5) is 5.82 Å². The van der Waals surface area contributed by atoms with E-state index in [1.54, 1.807) is 19.1 Å². The molecule has 1 aromatic heterocycles. The fourth-order valence-electron chi connectivity index (χ4n) is 2.45. The lowest BCUT2D eigenvalue weighted by molar-refractivity contribution is -0.121. The Morgan fingerprint density at radius 1 is 1.24 bits per heavy atom. The molecule has 1 aliphatic heterocycles. The van der Waals surface area contributed by atoms with Crippen molar-refractivity contribution in [2.24, 2.45) is 4.99 Å². The Labute approximate surface area is 151 Å². The molecule has 5 nitrogen and oxygen atoms in total. The molecular weight excluding hydrogens is 334 g/mol. The topological polar surface area (TPSA) is 54.8 Å². The number of aryl methyl sites for hydroxylation is 1. The van der Waals surface area contributed by atoms with Gasteiger partial charge in [-0.05, 0) is 61.0 Å². The van der Waals surface area contributed by atoms with Crippen LogP contribution >= 0.6 is 11.8 Å². The van der Waals surface area contributed by atoms with Crippen molar-refractivity contribution in [2.75, 3.05) is 14.2 Å². The number of amidine groups is 1. The van der Waals surface area contributed by atoms with Gasteiger partial charge in [0.25, 0.3) is 5.91 Å². The van der Waals surface area contributed by atoms with Crippen molar-refractivity contribution >= 4 is 34.2 Å².